The van der Waals surface area contributed by atoms with Gasteiger partial charge in [0.05, 0.1) is 11.4 Å². The predicted octanol–water partition coefficient (Wildman–Crippen LogP) is 3.81. The molecule has 0 bridgehead atoms. The smallest absolute Gasteiger partial charge is 0.130 e. The van der Waals surface area contributed by atoms with Crippen molar-refractivity contribution in [1.82, 2.24) is 15.1 Å². The molecule has 0 aliphatic heterocycles. The molecule has 0 fully saturated rings. The molecule has 0 radical (unpaired) electrons. The van der Waals surface area contributed by atoms with Crippen LogP contribution in [-0.2, 0) is 26.1 Å². The van der Waals surface area contributed by atoms with Gasteiger partial charge >= 0.3 is 0 Å². The van der Waals surface area contributed by atoms with Crippen LogP contribution in [-0.4, -0.2) is 16.8 Å². The average Bonchev–Trinajstić information content (AvgIpc) is 3.04. The summed E-state index contributed by atoms with van der Waals surface area (Å²) in [7, 11) is 1.94. The summed E-state index contributed by atoms with van der Waals surface area (Å²) in [6, 6.07) is 22.6. The minimum atomic E-state index is 0.534. The van der Waals surface area contributed by atoms with Crippen molar-refractivity contribution < 1.29 is 4.74 Å². The van der Waals surface area contributed by atoms with Crippen LogP contribution in [0, 0.1) is 0 Å². The lowest BCUT2D eigenvalue weighted by molar-refractivity contribution is 0.291. The van der Waals surface area contributed by atoms with Crippen molar-refractivity contribution >= 4 is 0 Å². The maximum absolute atomic E-state index is 5.91. The van der Waals surface area contributed by atoms with Gasteiger partial charge in [-0.2, -0.15) is 5.10 Å². The van der Waals surface area contributed by atoms with Gasteiger partial charge in [0, 0.05) is 13.1 Å². The molecule has 0 aliphatic rings. The standard InChI is InChI=1S/C21H25N3O/c1-22-16-19-15-20(17-25-21-12-6-3-7-13-21)24(23-19)14-8-11-18-9-4-2-5-10-18/h2-7,9-10,12-13,15,22H,8,11,14,16-17H2,1H3. The molecule has 0 spiro atoms. The van der Waals surface area contributed by atoms with Crippen LogP contribution < -0.4 is 10.1 Å². The van der Waals surface area contributed by atoms with Gasteiger partial charge in [-0.15, -0.1) is 0 Å². The molecule has 1 aromatic heterocycles. The van der Waals surface area contributed by atoms with Gasteiger partial charge in [-0.3, -0.25) is 4.68 Å². The van der Waals surface area contributed by atoms with E-state index in [-0.39, 0.29) is 0 Å². The van der Waals surface area contributed by atoms with Gasteiger partial charge in [-0.1, -0.05) is 48.5 Å². The molecule has 1 N–H and O–H groups in total. The fraction of sp³-hybridized carbons (Fsp3) is 0.286. The number of aryl methyl sites for hydroxylation is 2. The van der Waals surface area contributed by atoms with Crippen LogP contribution in [0.4, 0.5) is 0 Å². The molecule has 4 heteroatoms. The Kier molecular flexibility index (Phi) is 6.23. The van der Waals surface area contributed by atoms with Crippen LogP contribution in [0.3, 0.4) is 0 Å². The lowest BCUT2D eigenvalue weighted by atomic mass is 10.1. The van der Waals surface area contributed by atoms with Gasteiger partial charge in [-0.25, -0.2) is 0 Å². The number of ether oxygens (including phenoxy) is 1. The molecule has 0 aliphatic carbocycles. The van der Waals surface area contributed by atoms with E-state index in [9.17, 15) is 0 Å². The molecule has 3 rings (SSSR count). The van der Waals surface area contributed by atoms with Crippen molar-refractivity contribution in [2.75, 3.05) is 7.05 Å². The Morgan fingerprint density at radius 1 is 1.00 bits per heavy atom. The maximum Gasteiger partial charge on any atom is 0.130 e. The van der Waals surface area contributed by atoms with E-state index in [1.807, 2.05) is 37.4 Å². The van der Waals surface area contributed by atoms with Crippen molar-refractivity contribution in [3.05, 3.63) is 83.7 Å². The SMILES string of the molecule is CNCc1cc(COc2ccccc2)n(CCCc2ccccc2)n1. The van der Waals surface area contributed by atoms with Crippen LogP contribution >= 0.6 is 0 Å². The van der Waals surface area contributed by atoms with Gasteiger partial charge < -0.3 is 10.1 Å². The Morgan fingerprint density at radius 2 is 1.72 bits per heavy atom. The molecule has 0 unspecified atom stereocenters. The summed E-state index contributed by atoms with van der Waals surface area (Å²) in [5.41, 5.74) is 3.53. The summed E-state index contributed by atoms with van der Waals surface area (Å²) in [5.74, 6) is 0.884. The fourth-order valence-electron chi connectivity index (χ4n) is 2.84. The van der Waals surface area contributed by atoms with Gasteiger partial charge in [0.1, 0.15) is 12.4 Å². The Bertz CT molecular complexity index is 753. The zero-order chi connectivity index (χ0) is 17.3. The number of hydrogen-bond acceptors (Lipinski definition) is 3. The summed E-state index contributed by atoms with van der Waals surface area (Å²) in [4.78, 5) is 0. The number of hydrogen-bond donors (Lipinski definition) is 1. The molecule has 0 amide bonds. The molecular formula is C21H25N3O. The summed E-state index contributed by atoms with van der Waals surface area (Å²) in [6.45, 7) is 2.20. The molecule has 0 saturated heterocycles. The van der Waals surface area contributed by atoms with Crippen LogP contribution in [0.15, 0.2) is 66.7 Å². The first-order chi connectivity index (χ1) is 12.3. The van der Waals surface area contributed by atoms with Gasteiger partial charge in [0.25, 0.3) is 0 Å². The van der Waals surface area contributed by atoms with Gasteiger partial charge in [0.15, 0.2) is 0 Å². The molecule has 4 nitrogen and oxygen atoms in total. The van der Waals surface area contributed by atoms with E-state index in [0.29, 0.717) is 6.61 Å². The minimum absolute atomic E-state index is 0.534. The van der Waals surface area contributed by atoms with Crippen LogP contribution in [0.5, 0.6) is 5.75 Å². The second-order valence-corrected chi connectivity index (χ2v) is 6.07. The minimum Gasteiger partial charge on any atom is -0.487 e. The molecule has 3 aromatic rings. The fourth-order valence-corrected chi connectivity index (χ4v) is 2.84. The number of aromatic nitrogens is 2. The van der Waals surface area contributed by atoms with Crippen molar-refractivity contribution in [2.45, 2.75) is 32.5 Å². The average molecular weight is 335 g/mol. The third-order valence-electron chi connectivity index (χ3n) is 4.08. The number of para-hydroxylation sites is 1. The lowest BCUT2D eigenvalue weighted by Crippen LogP contribution is -2.10. The zero-order valence-corrected chi connectivity index (χ0v) is 14.7. The topological polar surface area (TPSA) is 39.1 Å². The Morgan fingerprint density at radius 3 is 2.44 bits per heavy atom. The molecule has 25 heavy (non-hydrogen) atoms. The molecular weight excluding hydrogens is 310 g/mol. The lowest BCUT2D eigenvalue weighted by Gasteiger charge is -2.09. The van der Waals surface area contributed by atoms with E-state index < -0.39 is 0 Å². The highest BCUT2D eigenvalue weighted by Crippen LogP contribution is 2.14. The molecule has 130 valence electrons. The Labute approximate surface area is 149 Å². The van der Waals surface area contributed by atoms with Crippen LogP contribution in [0.25, 0.3) is 0 Å². The highest BCUT2D eigenvalue weighted by Gasteiger charge is 2.08. The van der Waals surface area contributed by atoms with Crippen molar-refractivity contribution in [3.63, 3.8) is 0 Å². The largest absolute Gasteiger partial charge is 0.487 e. The van der Waals surface area contributed by atoms with Gasteiger partial charge in [-0.05, 0) is 43.7 Å². The molecule has 0 atom stereocenters. The first-order valence-corrected chi connectivity index (χ1v) is 8.77. The van der Waals surface area contributed by atoms with Crippen molar-refractivity contribution in [1.29, 1.82) is 0 Å². The summed E-state index contributed by atoms with van der Waals surface area (Å²) in [5, 5.41) is 7.88. The highest BCUT2D eigenvalue weighted by atomic mass is 16.5. The van der Waals surface area contributed by atoms with Crippen molar-refractivity contribution in [3.8, 4) is 5.75 Å². The van der Waals surface area contributed by atoms with E-state index in [1.165, 1.54) is 5.56 Å². The second-order valence-electron chi connectivity index (χ2n) is 6.07. The van der Waals surface area contributed by atoms with E-state index in [2.05, 4.69) is 46.4 Å². The number of benzene rings is 2. The first kappa shape index (κ1) is 17.2. The van der Waals surface area contributed by atoms with Gasteiger partial charge in [0.2, 0.25) is 0 Å². The highest BCUT2D eigenvalue weighted by molar-refractivity contribution is 5.21. The Hall–Kier alpha value is -2.59. The Balaban J connectivity index is 1.62. The van der Waals surface area contributed by atoms with Crippen LogP contribution in [0.1, 0.15) is 23.4 Å². The zero-order valence-electron chi connectivity index (χ0n) is 14.7. The first-order valence-electron chi connectivity index (χ1n) is 8.77. The number of nitrogens with zero attached hydrogens (tertiary/aromatic N) is 2. The summed E-state index contributed by atoms with van der Waals surface area (Å²) < 4.78 is 7.99. The predicted molar refractivity (Wildman–Crippen MR) is 101 cm³/mol. The third-order valence-corrected chi connectivity index (χ3v) is 4.08. The molecule has 0 saturated carbocycles. The second kappa shape index (κ2) is 9.04. The monoisotopic (exact) mass is 335 g/mol. The maximum atomic E-state index is 5.91. The number of rotatable bonds is 9. The van der Waals surface area contributed by atoms with E-state index in [1.54, 1.807) is 0 Å². The summed E-state index contributed by atoms with van der Waals surface area (Å²) >= 11 is 0. The van der Waals surface area contributed by atoms with Crippen LogP contribution in [0.2, 0.25) is 0 Å². The van der Waals surface area contributed by atoms with E-state index in [4.69, 9.17) is 9.84 Å². The quantitative estimate of drug-likeness (QED) is 0.646. The molecule has 1 heterocycles. The molecule has 2 aromatic carbocycles. The third kappa shape index (κ3) is 5.19. The normalized spacial score (nSPS) is 10.8. The summed E-state index contributed by atoms with van der Waals surface area (Å²) in [6.07, 6.45) is 2.12. The van der Waals surface area contributed by atoms with E-state index >= 15 is 0 Å². The van der Waals surface area contributed by atoms with Crippen molar-refractivity contribution in [2.24, 2.45) is 0 Å². The van der Waals surface area contributed by atoms with E-state index in [0.717, 1.165) is 43.1 Å². The number of nitrogens with one attached hydrogen (secondary N) is 1.